The number of aromatic nitrogens is 4. The Bertz CT molecular complexity index is 798. The van der Waals surface area contributed by atoms with E-state index >= 15 is 0 Å². The first kappa shape index (κ1) is 13.4. The molecule has 0 saturated carbocycles. The zero-order valence-electron chi connectivity index (χ0n) is 10.5. The van der Waals surface area contributed by atoms with Gasteiger partial charge in [0.2, 0.25) is 0 Å². The molecule has 1 aromatic heterocycles. The van der Waals surface area contributed by atoms with Crippen molar-refractivity contribution in [3.63, 3.8) is 0 Å². The lowest BCUT2D eigenvalue weighted by atomic mass is 10.1. The van der Waals surface area contributed by atoms with Gasteiger partial charge in [-0.05, 0) is 34.7 Å². The van der Waals surface area contributed by atoms with Crippen LogP contribution in [0.4, 0.5) is 14.5 Å². The standard InChI is InChI=1S/C13H8ClF2N5/c14-8-2-1-3-11(17)12(8)13-18-19-20-21(13)7-4-5-9(15)10(16)6-7/h1-6H,17H2. The molecular weight excluding hydrogens is 300 g/mol. The van der Waals surface area contributed by atoms with Crippen LogP contribution in [0.2, 0.25) is 5.02 Å². The fourth-order valence-corrected chi connectivity index (χ4v) is 2.18. The van der Waals surface area contributed by atoms with E-state index in [0.717, 1.165) is 12.1 Å². The quantitative estimate of drug-likeness (QED) is 0.739. The molecule has 0 aliphatic carbocycles. The van der Waals surface area contributed by atoms with Crippen LogP contribution in [0.25, 0.3) is 17.1 Å². The van der Waals surface area contributed by atoms with Gasteiger partial charge >= 0.3 is 0 Å². The molecule has 0 radical (unpaired) electrons. The van der Waals surface area contributed by atoms with Crippen LogP contribution in [0.1, 0.15) is 0 Å². The van der Waals surface area contributed by atoms with Crippen LogP contribution in [0.3, 0.4) is 0 Å². The molecule has 106 valence electrons. The van der Waals surface area contributed by atoms with Gasteiger partial charge in [0.15, 0.2) is 17.5 Å². The Morgan fingerprint density at radius 2 is 1.90 bits per heavy atom. The summed E-state index contributed by atoms with van der Waals surface area (Å²) in [5.41, 5.74) is 6.94. The third-order valence-corrected chi connectivity index (χ3v) is 3.20. The Hall–Kier alpha value is -2.54. The zero-order valence-corrected chi connectivity index (χ0v) is 11.2. The van der Waals surface area contributed by atoms with Crippen molar-refractivity contribution in [2.24, 2.45) is 0 Å². The fourth-order valence-electron chi connectivity index (χ4n) is 1.91. The van der Waals surface area contributed by atoms with Gasteiger partial charge in [0, 0.05) is 11.8 Å². The summed E-state index contributed by atoms with van der Waals surface area (Å²) in [4.78, 5) is 0. The van der Waals surface area contributed by atoms with E-state index < -0.39 is 11.6 Å². The van der Waals surface area contributed by atoms with Gasteiger partial charge in [-0.1, -0.05) is 17.7 Å². The van der Waals surface area contributed by atoms with E-state index in [-0.39, 0.29) is 11.5 Å². The van der Waals surface area contributed by atoms with Crippen molar-refractivity contribution >= 4 is 17.3 Å². The molecule has 0 bridgehead atoms. The maximum atomic E-state index is 13.4. The molecule has 0 aliphatic heterocycles. The van der Waals surface area contributed by atoms with E-state index in [1.165, 1.54) is 10.7 Å². The Morgan fingerprint density at radius 3 is 2.62 bits per heavy atom. The van der Waals surface area contributed by atoms with E-state index in [1.54, 1.807) is 18.2 Å². The summed E-state index contributed by atoms with van der Waals surface area (Å²) >= 11 is 6.11. The number of anilines is 1. The van der Waals surface area contributed by atoms with Gasteiger partial charge in [-0.3, -0.25) is 0 Å². The maximum absolute atomic E-state index is 13.4. The number of hydrogen-bond donors (Lipinski definition) is 1. The second-order valence-electron chi connectivity index (χ2n) is 4.22. The van der Waals surface area contributed by atoms with Crippen molar-refractivity contribution in [1.29, 1.82) is 0 Å². The van der Waals surface area contributed by atoms with Crippen LogP contribution in [-0.2, 0) is 0 Å². The first-order valence-electron chi connectivity index (χ1n) is 5.86. The van der Waals surface area contributed by atoms with Crippen LogP contribution in [-0.4, -0.2) is 20.2 Å². The summed E-state index contributed by atoms with van der Waals surface area (Å²) in [6.07, 6.45) is 0. The number of benzene rings is 2. The SMILES string of the molecule is Nc1cccc(Cl)c1-c1nnnn1-c1ccc(F)c(F)c1. The van der Waals surface area contributed by atoms with E-state index in [9.17, 15) is 8.78 Å². The number of halogens is 3. The highest BCUT2D eigenvalue weighted by Gasteiger charge is 2.17. The lowest BCUT2D eigenvalue weighted by Crippen LogP contribution is -2.03. The molecule has 5 nitrogen and oxygen atoms in total. The Morgan fingerprint density at radius 1 is 1.10 bits per heavy atom. The molecule has 0 unspecified atom stereocenters. The molecule has 3 rings (SSSR count). The minimum Gasteiger partial charge on any atom is -0.398 e. The number of nitrogens with zero attached hydrogens (tertiary/aromatic N) is 4. The van der Waals surface area contributed by atoms with Crippen molar-refractivity contribution < 1.29 is 8.78 Å². The molecule has 8 heteroatoms. The van der Waals surface area contributed by atoms with Crippen LogP contribution in [0.15, 0.2) is 36.4 Å². The van der Waals surface area contributed by atoms with Crippen molar-refractivity contribution in [3.8, 4) is 17.1 Å². The Labute approximate surface area is 123 Å². The van der Waals surface area contributed by atoms with Gasteiger partial charge in [0.05, 0.1) is 16.3 Å². The normalized spacial score (nSPS) is 10.8. The van der Waals surface area contributed by atoms with Gasteiger partial charge in [0.25, 0.3) is 0 Å². The Kier molecular flexibility index (Phi) is 3.26. The first-order chi connectivity index (χ1) is 10.1. The third-order valence-electron chi connectivity index (χ3n) is 2.89. The van der Waals surface area contributed by atoms with Crippen LogP contribution in [0.5, 0.6) is 0 Å². The molecule has 3 aromatic rings. The number of hydrogen-bond acceptors (Lipinski definition) is 4. The van der Waals surface area contributed by atoms with Crippen molar-refractivity contribution in [2.45, 2.75) is 0 Å². The van der Waals surface area contributed by atoms with Crippen molar-refractivity contribution in [3.05, 3.63) is 53.1 Å². The molecule has 2 N–H and O–H groups in total. The zero-order chi connectivity index (χ0) is 15.0. The van der Waals surface area contributed by atoms with Gasteiger partial charge < -0.3 is 5.73 Å². The summed E-state index contributed by atoms with van der Waals surface area (Å²) in [5, 5.41) is 11.5. The maximum Gasteiger partial charge on any atom is 0.190 e. The monoisotopic (exact) mass is 307 g/mol. The molecule has 1 heterocycles. The Balaban J connectivity index is 2.20. The number of tetrazole rings is 1. The molecule has 0 fully saturated rings. The summed E-state index contributed by atoms with van der Waals surface area (Å²) in [5.74, 6) is -1.71. The topological polar surface area (TPSA) is 69.6 Å². The first-order valence-corrected chi connectivity index (χ1v) is 6.24. The van der Waals surface area contributed by atoms with Crippen molar-refractivity contribution in [2.75, 3.05) is 5.73 Å². The number of nitrogen functional groups attached to an aromatic ring is 1. The molecule has 2 aromatic carbocycles. The number of rotatable bonds is 2. The third kappa shape index (κ3) is 2.31. The van der Waals surface area contributed by atoms with Crippen LogP contribution >= 0.6 is 11.6 Å². The average Bonchev–Trinajstić information content (AvgIpc) is 2.91. The molecule has 0 spiro atoms. The van der Waals surface area contributed by atoms with Crippen LogP contribution < -0.4 is 5.73 Å². The summed E-state index contributed by atoms with van der Waals surface area (Å²) in [6, 6.07) is 8.30. The van der Waals surface area contributed by atoms with E-state index in [1.807, 2.05) is 0 Å². The summed E-state index contributed by atoms with van der Waals surface area (Å²) in [7, 11) is 0. The van der Waals surface area contributed by atoms with Gasteiger partial charge in [-0.2, -0.15) is 4.68 Å². The smallest absolute Gasteiger partial charge is 0.190 e. The molecule has 0 atom stereocenters. The highest BCUT2D eigenvalue weighted by Crippen LogP contribution is 2.32. The minimum absolute atomic E-state index is 0.240. The highest BCUT2D eigenvalue weighted by molar-refractivity contribution is 6.33. The second-order valence-corrected chi connectivity index (χ2v) is 4.62. The van der Waals surface area contributed by atoms with E-state index in [2.05, 4.69) is 15.5 Å². The van der Waals surface area contributed by atoms with Gasteiger partial charge in [-0.15, -0.1) is 5.10 Å². The molecular formula is C13H8ClF2N5. The van der Waals surface area contributed by atoms with Crippen molar-refractivity contribution in [1.82, 2.24) is 20.2 Å². The summed E-state index contributed by atoms with van der Waals surface area (Å²) < 4.78 is 27.6. The lowest BCUT2D eigenvalue weighted by molar-refractivity contribution is 0.507. The van der Waals surface area contributed by atoms with Gasteiger partial charge in [0.1, 0.15) is 0 Å². The fraction of sp³-hybridized carbons (Fsp3) is 0. The second kappa shape index (κ2) is 5.10. The van der Waals surface area contributed by atoms with Crippen LogP contribution in [0, 0.1) is 11.6 Å². The minimum atomic E-state index is -0.999. The number of nitrogens with two attached hydrogens (primary N) is 1. The predicted octanol–water partition coefficient (Wildman–Crippen LogP) is 2.84. The largest absolute Gasteiger partial charge is 0.398 e. The lowest BCUT2D eigenvalue weighted by Gasteiger charge is -2.08. The average molecular weight is 308 g/mol. The predicted molar refractivity (Wildman–Crippen MR) is 73.9 cm³/mol. The molecule has 21 heavy (non-hydrogen) atoms. The highest BCUT2D eigenvalue weighted by atomic mass is 35.5. The van der Waals surface area contributed by atoms with Gasteiger partial charge in [-0.25, -0.2) is 8.78 Å². The van der Waals surface area contributed by atoms with E-state index in [4.69, 9.17) is 17.3 Å². The van der Waals surface area contributed by atoms with E-state index in [0.29, 0.717) is 16.3 Å². The molecule has 0 aliphatic rings. The molecule has 0 saturated heterocycles. The molecule has 0 amide bonds. The summed E-state index contributed by atoms with van der Waals surface area (Å²) in [6.45, 7) is 0.